The number of carbonyl (C=O) groups excluding carboxylic acids is 2. The fourth-order valence-corrected chi connectivity index (χ4v) is 2.57. The molecule has 2 rings (SSSR count). The normalized spacial score (nSPS) is 10.2. The van der Waals surface area contributed by atoms with E-state index in [9.17, 15) is 14.4 Å². The number of carbonyl (C=O) groups is 3. The third-order valence-corrected chi connectivity index (χ3v) is 3.56. The lowest BCUT2D eigenvalue weighted by Gasteiger charge is -2.05. The van der Waals surface area contributed by atoms with Crippen LogP contribution in [0.15, 0.2) is 29.6 Å². The smallest absolute Gasteiger partial charge is 0.335 e. The maximum absolute atomic E-state index is 12.0. The first kappa shape index (κ1) is 15.6. The van der Waals surface area contributed by atoms with Gasteiger partial charge in [-0.1, -0.05) is 18.2 Å². The molecule has 0 atom stereocenters. The van der Waals surface area contributed by atoms with Crippen molar-refractivity contribution < 1.29 is 19.5 Å². The Morgan fingerprint density at radius 1 is 1.23 bits per heavy atom. The third-order valence-electron chi connectivity index (χ3n) is 2.75. The lowest BCUT2D eigenvalue weighted by atomic mass is 10.0. The van der Waals surface area contributed by atoms with Crippen LogP contribution in [0.4, 0.5) is 5.13 Å². The second-order valence-corrected chi connectivity index (χ2v) is 5.33. The summed E-state index contributed by atoms with van der Waals surface area (Å²) in [6.45, 7) is 0. The Balaban J connectivity index is 2.03. The van der Waals surface area contributed by atoms with Crippen LogP contribution < -0.4 is 11.1 Å². The van der Waals surface area contributed by atoms with Gasteiger partial charge in [0.05, 0.1) is 24.1 Å². The number of anilines is 1. The van der Waals surface area contributed by atoms with E-state index in [1.165, 1.54) is 17.4 Å². The summed E-state index contributed by atoms with van der Waals surface area (Å²) in [5.41, 5.74) is 6.06. The molecule has 1 aromatic carbocycles. The summed E-state index contributed by atoms with van der Waals surface area (Å²) in [5.74, 6) is -1.96. The van der Waals surface area contributed by atoms with Gasteiger partial charge in [0.1, 0.15) is 0 Å². The predicted octanol–water partition coefficient (Wildman–Crippen LogP) is 1.05. The molecule has 0 aliphatic heterocycles. The molecular formula is C14H13N3O4S. The van der Waals surface area contributed by atoms with Crippen molar-refractivity contribution in [3.63, 3.8) is 0 Å². The maximum Gasteiger partial charge on any atom is 0.335 e. The van der Waals surface area contributed by atoms with Crippen LogP contribution in [-0.2, 0) is 22.4 Å². The minimum absolute atomic E-state index is 0.00815. The molecule has 0 aliphatic carbocycles. The van der Waals surface area contributed by atoms with E-state index in [0.717, 1.165) is 0 Å². The van der Waals surface area contributed by atoms with Crippen LogP contribution in [-0.4, -0.2) is 27.9 Å². The van der Waals surface area contributed by atoms with Crippen LogP contribution in [0.1, 0.15) is 21.6 Å². The molecule has 0 fully saturated rings. The van der Waals surface area contributed by atoms with Crippen molar-refractivity contribution in [1.82, 2.24) is 4.98 Å². The third kappa shape index (κ3) is 4.13. The summed E-state index contributed by atoms with van der Waals surface area (Å²) in [6, 6.07) is 6.30. The number of benzene rings is 1. The van der Waals surface area contributed by atoms with Crippen LogP contribution in [0.25, 0.3) is 0 Å². The lowest BCUT2D eigenvalue weighted by molar-refractivity contribution is -0.117. The molecular weight excluding hydrogens is 306 g/mol. The molecule has 1 aromatic heterocycles. The number of nitrogens with one attached hydrogen (secondary N) is 1. The Morgan fingerprint density at radius 2 is 1.95 bits per heavy atom. The number of hydrogen-bond acceptors (Lipinski definition) is 5. The van der Waals surface area contributed by atoms with Crippen molar-refractivity contribution in [3.8, 4) is 0 Å². The summed E-state index contributed by atoms with van der Waals surface area (Å²) in [4.78, 5) is 37.9. The highest BCUT2D eigenvalue weighted by Crippen LogP contribution is 2.17. The van der Waals surface area contributed by atoms with Crippen molar-refractivity contribution >= 4 is 34.3 Å². The number of thiazole rings is 1. The van der Waals surface area contributed by atoms with E-state index in [0.29, 0.717) is 16.4 Å². The van der Waals surface area contributed by atoms with Gasteiger partial charge in [0.2, 0.25) is 11.8 Å². The van der Waals surface area contributed by atoms with Gasteiger partial charge in [0, 0.05) is 5.38 Å². The van der Waals surface area contributed by atoms with Crippen LogP contribution in [0.5, 0.6) is 0 Å². The van der Waals surface area contributed by atoms with Gasteiger partial charge in [-0.15, -0.1) is 11.3 Å². The maximum atomic E-state index is 12.0. The molecule has 7 nitrogen and oxygen atoms in total. The highest BCUT2D eigenvalue weighted by Gasteiger charge is 2.14. The Morgan fingerprint density at radius 3 is 2.64 bits per heavy atom. The van der Waals surface area contributed by atoms with Crippen molar-refractivity contribution in [2.24, 2.45) is 5.73 Å². The van der Waals surface area contributed by atoms with Gasteiger partial charge in [-0.2, -0.15) is 0 Å². The van der Waals surface area contributed by atoms with Gasteiger partial charge in [-0.3, -0.25) is 9.59 Å². The Hall–Kier alpha value is -2.74. The van der Waals surface area contributed by atoms with Gasteiger partial charge >= 0.3 is 5.97 Å². The molecule has 22 heavy (non-hydrogen) atoms. The fourth-order valence-electron chi connectivity index (χ4n) is 1.84. The largest absolute Gasteiger partial charge is 0.478 e. The molecule has 0 radical (unpaired) electrons. The number of amides is 2. The van der Waals surface area contributed by atoms with E-state index in [1.54, 1.807) is 23.6 Å². The molecule has 2 amide bonds. The van der Waals surface area contributed by atoms with Crippen molar-refractivity contribution in [2.75, 3.05) is 5.32 Å². The Labute approximate surface area is 129 Å². The van der Waals surface area contributed by atoms with Crippen molar-refractivity contribution in [3.05, 3.63) is 46.5 Å². The molecule has 0 saturated heterocycles. The zero-order valence-corrected chi connectivity index (χ0v) is 12.2. The number of nitrogens with two attached hydrogens (primary N) is 1. The van der Waals surface area contributed by atoms with Gasteiger partial charge in [-0.25, -0.2) is 9.78 Å². The zero-order valence-electron chi connectivity index (χ0n) is 11.4. The van der Waals surface area contributed by atoms with Gasteiger partial charge < -0.3 is 16.2 Å². The topological polar surface area (TPSA) is 122 Å². The summed E-state index contributed by atoms with van der Waals surface area (Å²) in [7, 11) is 0. The number of nitrogens with zero attached hydrogens (tertiary/aromatic N) is 1. The number of rotatable bonds is 6. The fraction of sp³-hybridized carbons (Fsp3) is 0.143. The SMILES string of the molecule is NC(=O)Cc1csc(NC(=O)Cc2ccccc2C(=O)O)n1. The van der Waals surface area contributed by atoms with Crippen molar-refractivity contribution in [1.29, 1.82) is 0 Å². The second kappa shape index (κ2) is 6.81. The average Bonchev–Trinajstić information content (AvgIpc) is 2.85. The average molecular weight is 319 g/mol. The Kier molecular flexibility index (Phi) is 4.84. The molecule has 4 N–H and O–H groups in total. The van der Waals surface area contributed by atoms with E-state index in [1.807, 2.05) is 0 Å². The van der Waals surface area contributed by atoms with Crippen LogP contribution in [0.2, 0.25) is 0 Å². The summed E-state index contributed by atoms with van der Waals surface area (Å²) >= 11 is 1.17. The highest BCUT2D eigenvalue weighted by atomic mass is 32.1. The highest BCUT2D eigenvalue weighted by molar-refractivity contribution is 7.13. The minimum atomic E-state index is -1.08. The number of primary amides is 1. The first-order valence-corrected chi connectivity index (χ1v) is 7.17. The van der Waals surface area contributed by atoms with E-state index in [-0.39, 0.29) is 24.3 Å². The summed E-state index contributed by atoms with van der Waals surface area (Å²) in [6.07, 6.45) is -0.0680. The number of hydrogen-bond donors (Lipinski definition) is 3. The van der Waals surface area contributed by atoms with Crippen LogP contribution >= 0.6 is 11.3 Å². The minimum Gasteiger partial charge on any atom is -0.478 e. The number of aromatic nitrogens is 1. The molecule has 8 heteroatoms. The van der Waals surface area contributed by atoms with E-state index < -0.39 is 11.9 Å². The van der Waals surface area contributed by atoms with E-state index >= 15 is 0 Å². The number of carboxylic acids is 1. The quantitative estimate of drug-likeness (QED) is 0.734. The van der Waals surface area contributed by atoms with Gasteiger partial charge in [0.25, 0.3) is 0 Å². The molecule has 0 unspecified atom stereocenters. The standard InChI is InChI=1S/C14H13N3O4S/c15-11(18)6-9-7-22-14(16-9)17-12(19)5-8-3-1-2-4-10(8)13(20)21/h1-4,7H,5-6H2,(H2,15,18)(H,20,21)(H,16,17,19). The Bertz CT molecular complexity index is 726. The summed E-state index contributed by atoms with van der Waals surface area (Å²) in [5, 5.41) is 13.6. The van der Waals surface area contributed by atoms with Crippen LogP contribution in [0.3, 0.4) is 0 Å². The van der Waals surface area contributed by atoms with Gasteiger partial charge in [0.15, 0.2) is 5.13 Å². The second-order valence-electron chi connectivity index (χ2n) is 4.47. The molecule has 0 aliphatic rings. The van der Waals surface area contributed by atoms with E-state index in [4.69, 9.17) is 10.8 Å². The van der Waals surface area contributed by atoms with Gasteiger partial charge in [-0.05, 0) is 11.6 Å². The lowest BCUT2D eigenvalue weighted by Crippen LogP contribution is -2.17. The van der Waals surface area contributed by atoms with E-state index in [2.05, 4.69) is 10.3 Å². The molecule has 2 aromatic rings. The molecule has 0 bridgehead atoms. The van der Waals surface area contributed by atoms with Crippen molar-refractivity contribution in [2.45, 2.75) is 12.8 Å². The van der Waals surface area contributed by atoms with Crippen LogP contribution in [0, 0.1) is 0 Å². The predicted molar refractivity (Wildman–Crippen MR) is 80.7 cm³/mol. The first-order valence-electron chi connectivity index (χ1n) is 6.29. The zero-order chi connectivity index (χ0) is 16.1. The molecule has 0 spiro atoms. The number of carboxylic acid groups (broad SMARTS) is 1. The molecule has 0 saturated carbocycles. The number of aromatic carboxylic acids is 1. The summed E-state index contributed by atoms with van der Waals surface area (Å²) < 4.78 is 0. The molecule has 114 valence electrons. The monoisotopic (exact) mass is 319 g/mol. The first-order chi connectivity index (χ1) is 10.5. The molecule has 1 heterocycles.